The van der Waals surface area contributed by atoms with Crippen molar-refractivity contribution in [1.82, 2.24) is 0 Å². The fraction of sp³-hybridized carbons (Fsp3) is 0.769. The van der Waals surface area contributed by atoms with Gasteiger partial charge in [-0.05, 0) is 31.1 Å². The van der Waals surface area contributed by atoms with Crippen LogP contribution < -0.4 is 0 Å². The molecule has 1 rings (SSSR count). The molecule has 0 saturated heterocycles. The molecule has 0 bridgehead atoms. The molecule has 2 N–H and O–H groups in total. The molecule has 0 amide bonds. The highest BCUT2D eigenvalue weighted by atomic mass is 16.4. The van der Waals surface area contributed by atoms with Crippen LogP contribution in [-0.2, 0) is 14.4 Å². The molecule has 1 saturated carbocycles. The second-order valence-corrected chi connectivity index (χ2v) is 5.20. The summed E-state index contributed by atoms with van der Waals surface area (Å²) in [4.78, 5) is 32.4. The summed E-state index contributed by atoms with van der Waals surface area (Å²) in [6.45, 7) is 0. The molecule has 0 aromatic carbocycles. The third kappa shape index (κ3) is 3.82. The van der Waals surface area contributed by atoms with E-state index in [-0.39, 0.29) is 11.8 Å². The molecule has 0 spiro atoms. The lowest BCUT2D eigenvalue weighted by atomic mass is 9.68. The largest absolute Gasteiger partial charge is 0.481 e. The van der Waals surface area contributed by atoms with E-state index in [1.165, 1.54) is 0 Å². The fourth-order valence-corrected chi connectivity index (χ4v) is 2.84. The molecule has 0 atom stereocenters. The summed E-state index contributed by atoms with van der Waals surface area (Å²) in [5.41, 5.74) is -0.164. The monoisotopic (exact) mass is 256 g/mol. The molecule has 1 aliphatic carbocycles. The zero-order valence-electron chi connectivity index (χ0n) is 10.4. The van der Waals surface area contributed by atoms with Crippen LogP contribution in [0.5, 0.6) is 0 Å². The Hall–Kier alpha value is -1.39. The number of carbonyl (C=O) groups is 3. The first kappa shape index (κ1) is 14.7. The normalized spacial score (nSPS) is 18.5. The van der Waals surface area contributed by atoms with Gasteiger partial charge in [0.05, 0.1) is 0 Å². The number of carboxylic acid groups (broad SMARTS) is 2. The first-order chi connectivity index (χ1) is 8.51. The second kappa shape index (κ2) is 6.52. The van der Waals surface area contributed by atoms with Crippen LogP contribution in [0.2, 0.25) is 0 Å². The van der Waals surface area contributed by atoms with Crippen LogP contribution in [-0.4, -0.2) is 28.4 Å². The van der Waals surface area contributed by atoms with E-state index in [0.717, 1.165) is 38.4 Å². The number of aliphatic carboxylic acids is 2. The highest BCUT2D eigenvalue weighted by Gasteiger charge is 2.35. The molecule has 18 heavy (non-hydrogen) atoms. The molecule has 0 radical (unpaired) electrons. The van der Waals surface area contributed by atoms with E-state index in [1.807, 2.05) is 0 Å². The molecule has 1 fully saturated rings. The van der Waals surface area contributed by atoms with Gasteiger partial charge < -0.3 is 15.0 Å². The van der Waals surface area contributed by atoms with Crippen molar-refractivity contribution in [2.45, 2.75) is 51.4 Å². The van der Waals surface area contributed by atoms with E-state index < -0.39 is 17.9 Å². The van der Waals surface area contributed by atoms with E-state index in [2.05, 4.69) is 0 Å². The molecule has 102 valence electrons. The highest BCUT2D eigenvalue weighted by molar-refractivity contribution is 5.92. The standard InChI is InChI=1S/C13H20O5/c14-9-8-13(5-2-1-3-6-13)7-4-10(11(15)16)12(17)18/h9-10H,1-8H2,(H,15,16)(H,17,18). The molecule has 0 aromatic rings. The molecule has 5 nitrogen and oxygen atoms in total. The van der Waals surface area contributed by atoms with Crippen LogP contribution >= 0.6 is 0 Å². The average Bonchev–Trinajstić information content (AvgIpc) is 2.29. The van der Waals surface area contributed by atoms with Crippen molar-refractivity contribution in [3.05, 3.63) is 0 Å². The van der Waals surface area contributed by atoms with Gasteiger partial charge in [0.15, 0.2) is 5.92 Å². The minimum Gasteiger partial charge on any atom is -0.481 e. The zero-order valence-corrected chi connectivity index (χ0v) is 10.4. The van der Waals surface area contributed by atoms with E-state index in [0.29, 0.717) is 12.8 Å². The van der Waals surface area contributed by atoms with Crippen molar-refractivity contribution in [2.75, 3.05) is 0 Å². The van der Waals surface area contributed by atoms with Gasteiger partial charge in [0.2, 0.25) is 0 Å². The topological polar surface area (TPSA) is 91.7 Å². The van der Waals surface area contributed by atoms with Crippen molar-refractivity contribution in [3.8, 4) is 0 Å². The van der Waals surface area contributed by atoms with Crippen LogP contribution in [0.1, 0.15) is 51.4 Å². The minimum absolute atomic E-state index is 0.110. The summed E-state index contributed by atoms with van der Waals surface area (Å²) in [5.74, 6) is -3.94. The van der Waals surface area contributed by atoms with Gasteiger partial charge in [-0.3, -0.25) is 9.59 Å². The maximum absolute atomic E-state index is 10.8. The van der Waals surface area contributed by atoms with E-state index in [9.17, 15) is 14.4 Å². The minimum atomic E-state index is -1.35. The Labute approximate surface area is 106 Å². The first-order valence-corrected chi connectivity index (χ1v) is 6.40. The summed E-state index contributed by atoms with van der Waals surface area (Å²) < 4.78 is 0. The molecule has 1 aliphatic rings. The number of hydrogen-bond acceptors (Lipinski definition) is 3. The summed E-state index contributed by atoms with van der Waals surface area (Å²) in [5, 5.41) is 17.7. The SMILES string of the molecule is O=CCC1(CCC(C(=O)O)C(=O)O)CCCCC1. The highest BCUT2D eigenvalue weighted by Crippen LogP contribution is 2.43. The van der Waals surface area contributed by atoms with Crippen LogP contribution in [0.25, 0.3) is 0 Å². The second-order valence-electron chi connectivity index (χ2n) is 5.20. The van der Waals surface area contributed by atoms with Crippen molar-refractivity contribution >= 4 is 18.2 Å². The Morgan fingerprint density at radius 1 is 1.11 bits per heavy atom. The smallest absolute Gasteiger partial charge is 0.317 e. The summed E-state index contributed by atoms with van der Waals surface area (Å²) >= 11 is 0. The van der Waals surface area contributed by atoms with Gasteiger partial charge in [-0.25, -0.2) is 0 Å². The van der Waals surface area contributed by atoms with Gasteiger partial charge >= 0.3 is 11.9 Å². The first-order valence-electron chi connectivity index (χ1n) is 6.40. The van der Waals surface area contributed by atoms with E-state index >= 15 is 0 Å². The lowest BCUT2D eigenvalue weighted by Gasteiger charge is -2.36. The maximum atomic E-state index is 10.8. The van der Waals surface area contributed by atoms with Crippen LogP contribution in [0.3, 0.4) is 0 Å². The number of rotatable bonds is 7. The quantitative estimate of drug-likeness (QED) is 0.537. The van der Waals surface area contributed by atoms with Crippen LogP contribution in [0.4, 0.5) is 0 Å². The summed E-state index contributed by atoms with van der Waals surface area (Å²) in [6.07, 6.45) is 6.93. The van der Waals surface area contributed by atoms with Gasteiger partial charge in [0.1, 0.15) is 6.29 Å². The van der Waals surface area contributed by atoms with Crippen molar-refractivity contribution in [1.29, 1.82) is 0 Å². The Balaban J connectivity index is 2.63. The lowest BCUT2D eigenvalue weighted by molar-refractivity contribution is -0.155. The number of hydrogen-bond donors (Lipinski definition) is 2. The molecule has 0 heterocycles. The van der Waals surface area contributed by atoms with E-state index in [4.69, 9.17) is 10.2 Å². The predicted octanol–water partition coefficient (Wildman–Crippen LogP) is 2.09. The van der Waals surface area contributed by atoms with E-state index in [1.54, 1.807) is 0 Å². The predicted molar refractivity (Wildman–Crippen MR) is 64.2 cm³/mol. The fourth-order valence-electron chi connectivity index (χ4n) is 2.84. The van der Waals surface area contributed by atoms with Crippen LogP contribution in [0, 0.1) is 11.3 Å². The Morgan fingerprint density at radius 3 is 2.11 bits per heavy atom. The van der Waals surface area contributed by atoms with Crippen molar-refractivity contribution < 1.29 is 24.6 Å². The molecule has 0 unspecified atom stereocenters. The lowest BCUT2D eigenvalue weighted by Crippen LogP contribution is -2.29. The third-order valence-electron chi connectivity index (χ3n) is 3.99. The van der Waals surface area contributed by atoms with Crippen molar-refractivity contribution in [3.63, 3.8) is 0 Å². The number of aldehydes is 1. The van der Waals surface area contributed by atoms with Gasteiger partial charge in [0, 0.05) is 6.42 Å². The van der Waals surface area contributed by atoms with Gasteiger partial charge in [-0.1, -0.05) is 19.3 Å². The molecular weight excluding hydrogens is 236 g/mol. The van der Waals surface area contributed by atoms with Gasteiger partial charge in [-0.15, -0.1) is 0 Å². The Kier molecular flexibility index (Phi) is 5.31. The Bertz CT molecular complexity index is 303. The van der Waals surface area contributed by atoms with Gasteiger partial charge in [-0.2, -0.15) is 0 Å². The molecular formula is C13H20O5. The average molecular weight is 256 g/mol. The molecule has 0 aromatic heterocycles. The number of carboxylic acids is 2. The van der Waals surface area contributed by atoms with Gasteiger partial charge in [0.25, 0.3) is 0 Å². The molecule has 0 aliphatic heterocycles. The Morgan fingerprint density at radius 2 is 1.67 bits per heavy atom. The van der Waals surface area contributed by atoms with Crippen molar-refractivity contribution in [2.24, 2.45) is 11.3 Å². The summed E-state index contributed by atoms with van der Waals surface area (Å²) in [7, 11) is 0. The maximum Gasteiger partial charge on any atom is 0.317 e. The molecule has 5 heteroatoms. The van der Waals surface area contributed by atoms with Crippen LogP contribution in [0.15, 0.2) is 0 Å². The third-order valence-corrected chi connectivity index (χ3v) is 3.99. The number of carbonyl (C=O) groups excluding carboxylic acids is 1. The summed E-state index contributed by atoms with van der Waals surface area (Å²) in [6, 6.07) is 0. The zero-order chi connectivity index (χ0) is 13.6.